The molecule has 60 valence electrons. The largest absolute Gasteiger partial charge is 0.174 e. The van der Waals surface area contributed by atoms with Crippen LogP contribution in [0.1, 0.15) is 6.42 Å². The standard InChI is InChI=1S/C6H9Cl3S/c7-2-1-5(8)3-6(9)4-10/h3,5,10H,1-2,4H2. The molecule has 0 aliphatic carbocycles. The number of alkyl halides is 2. The minimum Gasteiger partial charge on any atom is -0.174 e. The van der Waals surface area contributed by atoms with Crippen LogP contribution < -0.4 is 0 Å². The van der Waals surface area contributed by atoms with Crippen LogP contribution in [0.5, 0.6) is 0 Å². The number of allylic oxidation sites excluding steroid dienone is 1. The van der Waals surface area contributed by atoms with Crippen molar-refractivity contribution in [3.8, 4) is 0 Å². The molecule has 0 N–H and O–H groups in total. The van der Waals surface area contributed by atoms with Crippen LogP contribution in [0.4, 0.5) is 0 Å². The van der Waals surface area contributed by atoms with Crippen LogP contribution in [0.15, 0.2) is 11.1 Å². The minimum absolute atomic E-state index is 0.0582. The van der Waals surface area contributed by atoms with Gasteiger partial charge in [-0.05, 0) is 6.42 Å². The van der Waals surface area contributed by atoms with E-state index in [0.717, 1.165) is 6.42 Å². The van der Waals surface area contributed by atoms with Crippen molar-refractivity contribution in [2.75, 3.05) is 11.6 Å². The summed E-state index contributed by atoms with van der Waals surface area (Å²) in [6, 6.07) is 0. The Balaban J connectivity index is 3.62. The summed E-state index contributed by atoms with van der Waals surface area (Å²) in [5.74, 6) is 1.09. The highest BCUT2D eigenvalue weighted by molar-refractivity contribution is 7.80. The number of hydrogen-bond donors (Lipinski definition) is 1. The summed E-state index contributed by atoms with van der Waals surface area (Å²) < 4.78 is 0. The summed E-state index contributed by atoms with van der Waals surface area (Å²) >= 11 is 20.8. The van der Waals surface area contributed by atoms with Crippen molar-refractivity contribution >= 4 is 47.4 Å². The van der Waals surface area contributed by atoms with Gasteiger partial charge in [0.25, 0.3) is 0 Å². The van der Waals surface area contributed by atoms with E-state index >= 15 is 0 Å². The lowest BCUT2D eigenvalue weighted by Gasteiger charge is -1.99. The zero-order valence-electron chi connectivity index (χ0n) is 5.36. The quantitative estimate of drug-likeness (QED) is 0.544. The molecular weight excluding hydrogens is 210 g/mol. The summed E-state index contributed by atoms with van der Waals surface area (Å²) in [6.07, 6.45) is 2.51. The molecule has 0 rings (SSSR count). The van der Waals surface area contributed by atoms with Gasteiger partial charge in [0.15, 0.2) is 0 Å². The van der Waals surface area contributed by atoms with Gasteiger partial charge in [-0.1, -0.05) is 17.7 Å². The van der Waals surface area contributed by atoms with Gasteiger partial charge in [-0.2, -0.15) is 12.6 Å². The minimum atomic E-state index is -0.0582. The van der Waals surface area contributed by atoms with Crippen molar-refractivity contribution in [3.05, 3.63) is 11.1 Å². The molecule has 0 heterocycles. The van der Waals surface area contributed by atoms with Gasteiger partial charge < -0.3 is 0 Å². The zero-order valence-corrected chi connectivity index (χ0v) is 8.52. The molecule has 0 amide bonds. The Hall–Kier alpha value is 0.960. The molecule has 0 saturated heterocycles. The van der Waals surface area contributed by atoms with Gasteiger partial charge in [0.1, 0.15) is 0 Å². The third kappa shape index (κ3) is 5.72. The fraction of sp³-hybridized carbons (Fsp3) is 0.667. The number of rotatable bonds is 4. The van der Waals surface area contributed by atoms with E-state index in [0.29, 0.717) is 16.7 Å². The molecule has 0 aliphatic rings. The third-order valence-corrected chi connectivity index (χ3v) is 2.25. The highest BCUT2D eigenvalue weighted by Gasteiger charge is 1.99. The molecule has 4 heteroatoms. The van der Waals surface area contributed by atoms with Crippen molar-refractivity contribution in [2.24, 2.45) is 0 Å². The molecule has 0 bridgehead atoms. The second-order valence-electron chi connectivity index (χ2n) is 1.77. The van der Waals surface area contributed by atoms with Crippen molar-refractivity contribution in [1.29, 1.82) is 0 Å². The average Bonchev–Trinajstić information content (AvgIpc) is 1.88. The summed E-state index contributed by atoms with van der Waals surface area (Å²) in [6.45, 7) is 0. The van der Waals surface area contributed by atoms with Crippen molar-refractivity contribution in [1.82, 2.24) is 0 Å². The average molecular weight is 220 g/mol. The maximum atomic E-state index is 5.78. The summed E-state index contributed by atoms with van der Waals surface area (Å²) in [7, 11) is 0. The monoisotopic (exact) mass is 218 g/mol. The van der Waals surface area contributed by atoms with Crippen LogP contribution >= 0.6 is 47.4 Å². The van der Waals surface area contributed by atoms with Gasteiger partial charge >= 0.3 is 0 Å². The first-order valence-electron chi connectivity index (χ1n) is 2.87. The molecule has 0 saturated carbocycles. The summed E-state index contributed by atoms with van der Waals surface area (Å²) in [5.41, 5.74) is 0. The molecule has 0 aromatic rings. The van der Waals surface area contributed by atoms with E-state index in [9.17, 15) is 0 Å². The molecule has 0 spiro atoms. The predicted octanol–water partition coefficient (Wildman–Crippen LogP) is 3.28. The molecule has 0 nitrogen and oxygen atoms in total. The third-order valence-electron chi connectivity index (χ3n) is 0.898. The van der Waals surface area contributed by atoms with Gasteiger partial charge in [0.2, 0.25) is 0 Å². The molecule has 0 aromatic carbocycles. The number of hydrogen-bond acceptors (Lipinski definition) is 1. The van der Waals surface area contributed by atoms with E-state index in [1.807, 2.05) is 0 Å². The molecule has 0 radical (unpaired) electrons. The van der Waals surface area contributed by atoms with Gasteiger partial charge in [0.05, 0.1) is 5.38 Å². The predicted molar refractivity (Wildman–Crippen MR) is 52.8 cm³/mol. The van der Waals surface area contributed by atoms with Gasteiger partial charge in [-0.25, -0.2) is 0 Å². The molecule has 0 fully saturated rings. The van der Waals surface area contributed by atoms with Crippen molar-refractivity contribution in [3.63, 3.8) is 0 Å². The Morgan fingerprint density at radius 3 is 2.60 bits per heavy atom. The Morgan fingerprint density at radius 2 is 2.20 bits per heavy atom. The number of thiol groups is 1. The second kappa shape index (κ2) is 6.66. The maximum Gasteiger partial charge on any atom is 0.0541 e. The second-order valence-corrected chi connectivity index (χ2v) is 3.51. The van der Waals surface area contributed by atoms with Crippen molar-refractivity contribution < 1.29 is 0 Å². The first-order valence-corrected chi connectivity index (χ1v) is 4.86. The Kier molecular flexibility index (Phi) is 7.30. The highest BCUT2D eigenvalue weighted by atomic mass is 35.5. The molecule has 0 aliphatic heterocycles. The van der Waals surface area contributed by atoms with Crippen LogP contribution in [0.2, 0.25) is 0 Å². The van der Waals surface area contributed by atoms with Crippen LogP contribution in [0, 0.1) is 0 Å². The Labute approximate surface area is 81.9 Å². The molecule has 1 unspecified atom stereocenters. The number of halogens is 3. The normalized spacial score (nSPS) is 15.4. The van der Waals surface area contributed by atoms with Crippen LogP contribution in [0.25, 0.3) is 0 Å². The van der Waals surface area contributed by atoms with Crippen LogP contribution in [0.3, 0.4) is 0 Å². The van der Waals surface area contributed by atoms with Crippen LogP contribution in [-0.4, -0.2) is 17.0 Å². The Morgan fingerprint density at radius 1 is 1.60 bits per heavy atom. The SMILES string of the molecule is SCC(Cl)=CC(Cl)CCCl. The first kappa shape index (κ1) is 11.0. The van der Waals surface area contributed by atoms with E-state index in [4.69, 9.17) is 34.8 Å². The lowest BCUT2D eigenvalue weighted by atomic mass is 10.3. The lowest BCUT2D eigenvalue weighted by Crippen LogP contribution is -1.95. The maximum absolute atomic E-state index is 5.78. The summed E-state index contributed by atoms with van der Waals surface area (Å²) in [4.78, 5) is 0. The fourth-order valence-corrected chi connectivity index (χ4v) is 1.37. The van der Waals surface area contributed by atoms with E-state index in [-0.39, 0.29) is 5.38 Å². The Bertz CT molecular complexity index is 114. The lowest BCUT2D eigenvalue weighted by molar-refractivity contribution is 0.971. The van der Waals surface area contributed by atoms with E-state index in [1.165, 1.54) is 0 Å². The topological polar surface area (TPSA) is 0 Å². The van der Waals surface area contributed by atoms with E-state index < -0.39 is 0 Å². The molecule has 10 heavy (non-hydrogen) atoms. The van der Waals surface area contributed by atoms with Gasteiger partial charge in [-0.15, -0.1) is 23.2 Å². The molecular formula is C6H9Cl3S. The van der Waals surface area contributed by atoms with Crippen LogP contribution in [-0.2, 0) is 0 Å². The molecule has 1 atom stereocenters. The highest BCUT2D eigenvalue weighted by Crippen LogP contribution is 2.11. The first-order chi connectivity index (χ1) is 4.70. The smallest absolute Gasteiger partial charge is 0.0541 e. The van der Waals surface area contributed by atoms with Crippen molar-refractivity contribution in [2.45, 2.75) is 11.8 Å². The van der Waals surface area contributed by atoms with E-state index in [1.54, 1.807) is 6.08 Å². The van der Waals surface area contributed by atoms with E-state index in [2.05, 4.69) is 12.6 Å². The summed E-state index contributed by atoms with van der Waals surface area (Å²) in [5, 5.41) is 0.616. The molecule has 0 aromatic heterocycles. The van der Waals surface area contributed by atoms with Gasteiger partial charge in [-0.3, -0.25) is 0 Å². The van der Waals surface area contributed by atoms with Gasteiger partial charge in [0, 0.05) is 16.7 Å². The zero-order chi connectivity index (χ0) is 7.98. The fourth-order valence-electron chi connectivity index (χ4n) is 0.437.